The van der Waals surface area contributed by atoms with Gasteiger partial charge in [0.1, 0.15) is 0 Å². The molecule has 0 radical (unpaired) electrons. The van der Waals surface area contributed by atoms with Gasteiger partial charge in [-0.15, -0.1) is 0 Å². The van der Waals surface area contributed by atoms with E-state index in [1.165, 1.54) is 0 Å². The highest BCUT2D eigenvalue weighted by atomic mass is 19.4. The molecule has 1 aromatic carbocycles. The Morgan fingerprint density at radius 3 is 1.64 bits per heavy atom. The molecule has 25 heavy (non-hydrogen) atoms. The second kappa shape index (κ2) is 6.75. The Balaban J connectivity index is 3.58. The van der Waals surface area contributed by atoms with Crippen molar-refractivity contribution >= 4 is 5.97 Å². The Hall–Kier alpha value is -1.94. The zero-order valence-electron chi connectivity index (χ0n) is 12.4. The lowest BCUT2D eigenvalue weighted by molar-refractivity contribution is -0.382. The summed E-state index contributed by atoms with van der Waals surface area (Å²) >= 11 is 0. The SMILES string of the molecule is CCCc1ccc(C(OC(=O)C(F)(F)F)(C(F)(F)F)C(F)(F)F)cc1. The second-order valence-electron chi connectivity index (χ2n) is 5.01. The molecule has 0 bridgehead atoms. The fourth-order valence-electron chi connectivity index (χ4n) is 2.05. The van der Waals surface area contributed by atoms with Crippen LogP contribution >= 0.6 is 0 Å². The van der Waals surface area contributed by atoms with Gasteiger partial charge in [0.25, 0.3) is 0 Å². The van der Waals surface area contributed by atoms with E-state index >= 15 is 0 Å². The van der Waals surface area contributed by atoms with E-state index in [1.54, 1.807) is 6.92 Å². The Labute approximate surface area is 135 Å². The number of alkyl halides is 9. The number of hydrogen-bond acceptors (Lipinski definition) is 2. The number of halogens is 9. The number of benzene rings is 1. The minimum absolute atomic E-state index is 0.327. The molecule has 2 nitrogen and oxygen atoms in total. The molecule has 0 N–H and O–H groups in total. The summed E-state index contributed by atoms with van der Waals surface area (Å²) in [7, 11) is 0. The minimum atomic E-state index is -6.38. The quantitative estimate of drug-likeness (QED) is 0.537. The summed E-state index contributed by atoms with van der Waals surface area (Å²) in [6, 6.07) is 2.48. The zero-order valence-corrected chi connectivity index (χ0v) is 12.4. The highest BCUT2D eigenvalue weighted by Crippen LogP contribution is 2.53. The lowest BCUT2D eigenvalue weighted by atomic mass is 9.90. The van der Waals surface area contributed by atoms with Gasteiger partial charge < -0.3 is 4.74 Å². The maximum atomic E-state index is 13.2. The third-order valence-corrected chi connectivity index (χ3v) is 3.17. The van der Waals surface area contributed by atoms with E-state index in [-0.39, 0.29) is 0 Å². The lowest BCUT2D eigenvalue weighted by Crippen LogP contribution is -2.58. The topological polar surface area (TPSA) is 26.3 Å². The van der Waals surface area contributed by atoms with E-state index in [2.05, 4.69) is 4.74 Å². The molecule has 0 aliphatic heterocycles. The first kappa shape index (κ1) is 21.1. The summed E-state index contributed by atoms with van der Waals surface area (Å²) in [5.41, 5.74) is -6.74. The normalized spacial score (nSPS) is 13.7. The third kappa shape index (κ3) is 4.18. The van der Waals surface area contributed by atoms with Crippen molar-refractivity contribution in [2.45, 2.75) is 43.9 Å². The molecular weight excluding hydrogens is 371 g/mol. The van der Waals surface area contributed by atoms with Gasteiger partial charge in [-0.25, -0.2) is 4.79 Å². The Kier molecular flexibility index (Phi) is 5.70. The first-order chi connectivity index (χ1) is 11.2. The molecule has 0 saturated carbocycles. The first-order valence-electron chi connectivity index (χ1n) is 6.70. The number of aryl methyl sites for hydroxylation is 1. The van der Waals surface area contributed by atoms with E-state index < -0.39 is 35.7 Å². The van der Waals surface area contributed by atoms with Gasteiger partial charge in [-0.3, -0.25) is 0 Å². The molecule has 1 rings (SSSR count). The summed E-state index contributed by atoms with van der Waals surface area (Å²) in [5.74, 6) is -3.60. The highest BCUT2D eigenvalue weighted by molar-refractivity contribution is 5.76. The number of carbonyl (C=O) groups is 1. The van der Waals surface area contributed by atoms with Crippen LogP contribution in [0.4, 0.5) is 39.5 Å². The Morgan fingerprint density at radius 1 is 0.880 bits per heavy atom. The van der Waals surface area contributed by atoms with Crippen molar-refractivity contribution in [3.8, 4) is 0 Å². The van der Waals surface area contributed by atoms with Crippen molar-refractivity contribution in [2.75, 3.05) is 0 Å². The second-order valence-corrected chi connectivity index (χ2v) is 5.01. The van der Waals surface area contributed by atoms with Crippen molar-refractivity contribution in [1.29, 1.82) is 0 Å². The van der Waals surface area contributed by atoms with Crippen molar-refractivity contribution < 1.29 is 49.0 Å². The molecule has 0 atom stereocenters. The predicted molar refractivity (Wildman–Crippen MR) is 66.4 cm³/mol. The van der Waals surface area contributed by atoms with Crippen molar-refractivity contribution in [3.63, 3.8) is 0 Å². The molecule has 0 heterocycles. The molecular formula is C14H11F9O2. The summed E-state index contributed by atoms with van der Waals surface area (Å²) in [6.07, 6.45) is -17.9. The van der Waals surface area contributed by atoms with Crippen LogP contribution in [-0.4, -0.2) is 24.5 Å². The monoisotopic (exact) mass is 382 g/mol. The Morgan fingerprint density at radius 2 is 1.32 bits per heavy atom. The van der Waals surface area contributed by atoms with Crippen LogP contribution in [0, 0.1) is 0 Å². The van der Waals surface area contributed by atoms with E-state index in [0.29, 0.717) is 30.5 Å². The summed E-state index contributed by atoms with van der Waals surface area (Å²) in [4.78, 5) is 10.8. The maximum absolute atomic E-state index is 13.2. The van der Waals surface area contributed by atoms with Crippen LogP contribution in [0.25, 0.3) is 0 Å². The number of hydrogen-bond donors (Lipinski definition) is 0. The molecule has 0 spiro atoms. The van der Waals surface area contributed by atoms with E-state index in [9.17, 15) is 44.3 Å². The lowest BCUT2D eigenvalue weighted by Gasteiger charge is -2.37. The van der Waals surface area contributed by atoms with E-state index in [0.717, 1.165) is 12.1 Å². The van der Waals surface area contributed by atoms with Crippen LogP contribution in [-0.2, 0) is 21.6 Å². The molecule has 0 aliphatic rings. The van der Waals surface area contributed by atoms with Crippen LogP contribution in [0.5, 0.6) is 0 Å². The van der Waals surface area contributed by atoms with Crippen molar-refractivity contribution in [3.05, 3.63) is 35.4 Å². The summed E-state index contributed by atoms with van der Waals surface area (Å²) < 4.78 is 119. The third-order valence-electron chi connectivity index (χ3n) is 3.17. The molecule has 0 aliphatic carbocycles. The average molecular weight is 382 g/mol. The van der Waals surface area contributed by atoms with E-state index in [1.807, 2.05) is 0 Å². The highest BCUT2D eigenvalue weighted by Gasteiger charge is 2.76. The first-order valence-corrected chi connectivity index (χ1v) is 6.70. The van der Waals surface area contributed by atoms with Gasteiger partial charge in [0.15, 0.2) is 0 Å². The van der Waals surface area contributed by atoms with Gasteiger partial charge in [-0.2, -0.15) is 39.5 Å². The maximum Gasteiger partial charge on any atom is 0.490 e. The van der Waals surface area contributed by atoms with Gasteiger partial charge >= 0.3 is 30.1 Å². The molecule has 1 aromatic rings. The predicted octanol–water partition coefficient (Wildman–Crippen LogP) is 5.06. The molecule has 142 valence electrons. The average Bonchev–Trinajstić information content (AvgIpc) is 2.42. The van der Waals surface area contributed by atoms with Crippen LogP contribution < -0.4 is 0 Å². The number of carbonyl (C=O) groups excluding carboxylic acids is 1. The summed E-state index contributed by atoms with van der Waals surface area (Å²) in [5, 5.41) is 0. The number of esters is 1. The smallest absolute Gasteiger partial charge is 0.428 e. The molecule has 0 amide bonds. The minimum Gasteiger partial charge on any atom is -0.428 e. The van der Waals surface area contributed by atoms with Crippen molar-refractivity contribution in [1.82, 2.24) is 0 Å². The molecule has 0 unspecified atom stereocenters. The van der Waals surface area contributed by atoms with Gasteiger partial charge in [0.2, 0.25) is 0 Å². The van der Waals surface area contributed by atoms with Crippen LogP contribution in [0.3, 0.4) is 0 Å². The zero-order chi connectivity index (χ0) is 19.7. The summed E-state index contributed by atoms with van der Waals surface area (Å²) in [6.45, 7) is 1.70. The number of ether oxygens (including phenoxy) is 1. The Bertz CT molecular complexity index is 583. The number of rotatable bonds is 4. The molecule has 11 heteroatoms. The van der Waals surface area contributed by atoms with Crippen molar-refractivity contribution in [2.24, 2.45) is 0 Å². The van der Waals surface area contributed by atoms with E-state index in [4.69, 9.17) is 0 Å². The van der Waals surface area contributed by atoms with Crippen LogP contribution in [0.2, 0.25) is 0 Å². The van der Waals surface area contributed by atoms with Crippen LogP contribution in [0.1, 0.15) is 24.5 Å². The molecule has 0 aromatic heterocycles. The standard InChI is InChI=1S/C14H11F9O2/c1-2-3-8-4-6-9(7-5-8)11(13(18,19)20,14(21,22)23)25-10(24)12(15,16)17/h4-7H,2-3H2,1H3. The molecule has 0 fully saturated rings. The largest absolute Gasteiger partial charge is 0.490 e. The van der Waals surface area contributed by atoms with Gasteiger partial charge in [0, 0.05) is 5.56 Å². The fraction of sp³-hybridized carbons (Fsp3) is 0.500. The molecule has 0 saturated heterocycles. The van der Waals surface area contributed by atoms with Gasteiger partial charge in [-0.05, 0) is 12.0 Å². The van der Waals surface area contributed by atoms with Gasteiger partial charge in [0.05, 0.1) is 0 Å². The van der Waals surface area contributed by atoms with Gasteiger partial charge in [-0.1, -0.05) is 37.6 Å². The fourth-order valence-corrected chi connectivity index (χ4v) is 2.05. The van der Waals surface area contributed by atoms with Crippen LogP contribution in [0.15, 0.2) is 24.3 Å².